The Labute approximate surface area is 184 Å². The fraction of sp³-hybridized carbons (Fsp3) is 0.458. The van der Waals surface area contributed by atoms with Crippen LogP contribution in [0.1, 0.15) is 31.9 Å². The number of nitrogens with zero attached hydrogens (tertiary/aromatic N) is 5. The molecule has 7 nitrogen and oxygen atoms in total. The SMILES string of the molecule is CCCCCn1c(C)cc2cnc(Nc3ccc(N4CCN(CC=O)CC4)cc3)nc21. The minimum atomic E-state index is 0.530. The van der Waals surface area contributed by atoms with Crippen LogP contribution in [-0.2, 0) is 11.3 Å². The van der Waals surface area contributed by atoms with Crippen molar-refractivity contribution in [1.29, 1.82) is 0 Å². The normalized spacial score (nSPS) is 14.8. The van der Waals surface area contributed by atoms with E-state index >= 15 is 0 Å². The highest BCUT2D eigenvalue weighted by Crippen LogP contribution is 2.23. The molecule has 0 saturated carbocycles. The number of anilines is 3. The summed E-state index contributed by atoms with van der Waals surface area (Å²) < 4.78 is 2.30. The summed E-state index contributed by atoms with van der Waals surface area (Å²) in [6.45, 7) is 9.61. The second kappa shape index (κ2) is 9.92. The first-order valence-corrected chi connectivity index (χ1v) is 11.3. The lowest BCUT2D eigenvalue weighted by molar-refractivity contribution is -0.108. The largest absolute Gasteiger partial charge is 0.369 e. The van der Waals surface area contributed by atoms with Crippen LogP contribution in [0.25, 0.3) is 11.0 Å². The number of aldehydes is 1. The van der Waals surface area contributed by atoms with Gasteiger partial charge in [0.2, 0.25) is 5.95 Å². The van der Waals surface area contributed by atoms with E-state index in [1.54, 1.807) is 0 Å². The molecule has 1 N–H and O–H groups in total. The number of aryl methyl sites for hydroxylation is 2. The van der Waals surface area contributed by atoms with E-state index in [-0.39, 0.29) is 0 Å². The van der Waals surface area contributed by atoms with Crippen LogP contribution in [0.4, 0.5) is 17.3 Å². The molecular formula is C24H32N6O. The molecule has 3 aromatic rings. The van der Waals surface area contributed by atoms with Gasteiger partial charge in [-0.1, -0.05) is 19.8 Å². The first-order valence-electron chi connectivity index (χ1n) is 11.3. The standard InChI is InChI=1S/C24H32N6O/c1-3-4-5-10-30-19(2)17-20-18-25-24(27-23(20)30)26-21-6-8-22(9-7-21)29-13-11-28(12-14-29)15-16-31/h6-9,16-18H,3-5,10-15H2,1-2H3,(H,25,26,27). The lowest BCUT2D eigenvalue weighted by Gasteiger charge is -2.35. The van der Waals surface area contributed by atoms with Crippen molar-refractivity contribution in [3.8, 4) is 0 Å². The summed E-state index contributed by atoms with van der Waals surface area (Å²) in [6, 6.07) is 10.6. The lowest BCUT2D eigenvalue weighted by Crippen LogP contribution is -2.46. The number of rotatable bonds is 9. The van der Waals surface area contributed by atoms with E-state index in [4.69, 9.17) is 4.98 Å². The van der Waals surface area contributed by atoms with E-state index in [0.29, 0.717) is 12.5 Å². The number of hydrogen-bond acceptors (Lipinski definition) is 6. The average molecular weight is 421 g/mol. The van der Waals surface area contributed by atoms with Gasteiger partial charge in [0.15, 0.2) is 0 Å². The molecule has 1 aliphatic rings. The van der Waals surface area contributed by atoms with Gasteiger partial charge >= 0.3 is 0 Å². The predicted molar refractivity (Wildman–Crippen MR) is 126 cm³/mol. The first kappa shape index (κ1) is 21.3. The molecule has 7 heteroatoms. The Kier molecular flexibility index (Phi) is 6.82. The zero-order valence-electron chi connectivity index (χ0n) is 18.5. The Bertz CT molecular complexity index is 1000. The summed E-state index contributed by atoms with van der Waals surface area (Å²) in [5.41, 5.74) is 4.41. The Balaban J connectivity index is 1.43. The number of carbonyl (C=O) groups is 1. The van der Waals surface area contributed by atoms with Crippen molar-refractivity contribution in [2.24, 2.45) is 0 Å². The summed E-state index contributed by atoms with van der Waals surface area (Å²) in [5.74, 6) is 0.623. The van der Waals surface area contributed by atoms with Gasteiger partial charge in [0, 0.05) is 61.4 Å². The van der Waals surface area contributed by atoms with Gasteiger partial charge in [0.05, 0.1) is 6.54 Å². The minimum absolute atomic E-state index is 0.530. The van der Waals surface area contributed by atoms with Gasteiger partial charge in [0.25, 0.3) is 0 Å². The second-order valence-electron chi connectivity index (χ2n) is 8.24. The molecule has 0 unspecified atom stereocenters. The Morgan fingerprint density at radius 3 is 2.58 bits per heavy atom. The maximum absolute atomic E-state index is 10.7. The number of hydrogen-bond donors (Lipinski definition) is 1. The van der Waals surface area contributed by atoms with E-state index in [1.165, 1.54) is 30.6 Å². The molecule has 0 radical (unpaired) electrons. The van der Waals surface area contributed by atoms with Gasteiger partial charge in [-0.05, 0) is 43.7 Å². The van der Waals surface area contributed by atoms with E-state index in [1.807, 2.05) is 6.20 Å². The minimum Gasteiger partial charge on any atom is -0.369 e. The molecule has 31 heavy (non-hydrogen) atoms. The molecule has 0 bridgehead atoms. The fourth-order valence-corrected chi connectivity index (χ4v) is 4.21. The molecule has 1 saturated heterocycles. The number of carbonyl (C=O) groups excluding carboxylic acids is 1. The molecule has 3 heterocycles. The molecule has 2 aromatic heterocycles. The smallest absolute Gasteiger partial charge is 0.229 e. The molecule has 0 aliphatic carbocycles. The molecule has 164 valence electrons. The third-order valence-electron chi connectivity index (χ3n) is 6.02. The van der Waals surface area contributed by atoms with Crippen LogP contribution < -0.4 is 10.2 Å². The molecule has 0 amide bonds. The van der Waals surface area contributed by atoms with E-state index in [2.05, 4.69) is 68.8 Å². The van der Waals surface area contributed by atoms with Crippen molar-refractivity contribution in [3.05, 3.63) is 42.2 Å². The fourth-order valence-electron chi connectivity index (χ4n) is 4.21. The number of aromatic nitrogens is 3. The van der Waals surface area contributed by atoms with E-state index in [9.17, 15) is 4.79 Å². The van der Waals surface area contributed by atoms with Crippen molar-refractivity contribution in [2.75, 3.05) is 42.9 Å². The maximum Gasteiger partial charge on any atom is 0.229 e. The zero-order valence-corrected chi connectivity index (χ0v) is 18.5. The summed E-state index contributed by atoms with van der Waals surface area (Å²) in [4.78, 5) is 24.6. The molecular weight excluding hydrogens is 388 g/mol. The highest BCUT2D eigenvalue weighted by atomic mass is 16.1. The number of fused-ring (bicyclic) bond motifs is 1. The van der Waals surface area contributed by atoms with Crippen LogP contribution in [0.15, 0.2) is 36.5 Å². The maximum atomic E-state index is 10.7. The van der Waals surface area contributed by atoms with Crippen molar-refractivity contribution < 1.29 is 4.79 Å². The van der Waals surface area contributed by atoms with Crippen LogP contribution in [0.5, 0.6) is 0 Å². The van der Waals surface area contributed by atoms with Crippen LogP contribution in [0.2, 0.25) is 0 Å². The molecule has 4 rings (SSSR count). The van der Waals surface area contributed by atoms with Crippen molar-refractivity contribution in [3.63, 3.8) is 0 Å². The predicted octanol–water partition coefficient (Wildman–Crippen LogP) is 3.99. The molecule has 0 spiro atoms. The summed E-state index contributed by atoms with van der Waals surface area (Å²) in [6.07, 6.45) is 6.50. The quantitative estimate of drug-likeness (QED) is 0.417. The number of nitrogens with one attached hydrogen (secondary N) is 1. The Morgan fingerprint density at radius 1 is 1.10 bits per heavy atom. The average Bonchev–Trinajstić information content (AvgIpc) is 3.10. The Morgan fingerprint density at radius 2 is 1.87 bits per heavy atom. The third-order valence-corrected chi connectivity index (χ3v) is 6.02. The number of piperazine rings is 1. The van der Waals surface area contributed by atoms with Crippen LogP contribution in [0, 0.1) is 6.92 Å². The second-order valence-corrected chi connectivity index (χ2v) is 8.24. The van der Waals surface area contributed by atoms with Crippen molar-refractivity contribution in [2.45, 2.75) is 39.7 Å². The highest BCUT2D eigenvalue weighted by molar-refractivity contribution is 5.78. The molecule has 1 aromatic carbocycles. The highest BCUT2D eigenvalue weighted by Gasteiger charge is 2.16. The van der Waals surface area contributed by atoms with Gasteiger partial charge in [-0.25, -0.2) is 4.98 Å². The van der Waals surface area contributed by atoms with E-state index < -0.39 is 0 Å². The number of benzene rings is 1. The Hall–Kier alpha value is -2.93. The topological polar surface area (TPSA) is 66.3 Å². The number of unbranched alkanes of at least 4 members (excludes halogenated alkanes) is 2. The van der Waals surface area contributed by atoms with Crippen LogP contribution in [-0.4, -0.2) is 58.4 Å². The molecule has 1 aliphatic heterocycles. The van der Waals surface area contributed by atoms with Gasteiger partial charge in [0.1, 0.15) is 11.9 Å². The molecule has 1 fully saturated rings. The zero-order chi connectivity index (χ0) is 21.6. The summed E-state index contributed by atoms with van der Waals surface area (Å²) >= 11 is 0. The van der Waals surface area contributed by atoms with Gasteiger partial charge in [-0.15, -0.1) is 0 Å². The van der Waals surface area contributed by atoms with Crippen LogP contribution >= 0.6 is 0 Å². The first-order chi connectivity index (χ1) is 15.2. The molecule has 0 atom stereocenters. The van der Waals surface area contributed by atoms with E-state index in [0.717, 1.165) is 55.7 Å². The van der Waals surface area contributed by atoms with Gasteiger partial charge in [-0.3, -0.25) is 4.90 Å². The van der Waals surface area contributed by atoms with Crippen LogP contribution in [0.3, 0.4) is 0 Å². The lowest BCUT2D eigenvalue weighted by atomic mass is 10.2. The summed E-state index contributed by atoms with van der Waals surface area (Å²) in [7, 11) is 0. The van der Waals surface area contributed by atoms with Crippen molar-refractivity contribution in [1.82, 2.24) is 19.4 Å². The summed E-state index contributed by atoms with van der Waals surface area (Å²) in [5, 5.41) is 4.44. The van der Waals surface area contributed by atoms with Gasteiger partial charge < -0.3 is 19.6 Å². The monoisotopic (exact) mass is 420 g/mol. The van der Waals surface area contributed by atoms with Crippen molar-refractivity contribution >= 4 is 34.6 Å². The van der Waals surface area contributed by atoms with Gasteiger partial charge in [-0.2, -0.15) is 4.98 Å². The third kappa shape index (κ3) is 5.05.